The number of hydrogen-bond donors (Lipinski definition) is 1. The van der Waals surface area contributed by atoms with Gasteiger partial charge in [-0.2, -0.15) is 0 Å². The zero-order valence-electron chi connectivity index (χ0n) is 7.61. The van der Waals surface area contributed by atoms with E-state index in [4.69, 9.17) is 9.05 Å². The molecule has 1 heterocycles. The summed E-state index contributed by atoms with van der Waals surface area (Å²) in [7, 11) is -3.30. The van der Waals surface area contributed by atoms with Crippen LogP contribution in [0.15, 0.2) is 0 Å². The van der Waals surface area contributed by atoms with Crippen molar-refractivity contribution >= 4 is 7.60 Å². The van der Waals surface area contributed by atoms with E-state index in [1.807, 2.05) is 6.92 Å². The Labute approximate surface area is 72.4 Å². The van der Waals surface area contributed by atoms with Crippen molar-refractivity contribution in [1.29, 1.82) is 0 Å². The predicted molar refractivity (Wildman–Crippen MR) is 45.0 cm³/mol. The number of hydrogen-bond acceptors (Lipinski definition) is 4. The van der Waals surface area contributed by atoms with Crippen molar-refractivity contribution in [2.75, 3.05) is 6.61 Å². The summed E-state index contributed by atoms with van der Waals surface area (Å²) in [6, 6.07) is 0. The molecule has 1 aliphatic heterocycles. The second kappa shape index (κ2) is 3.11. The molecule has 0 radical (unpaired) electrons. The highest BCUT2D eigenvalue weighted by Gasteiger charge is 2.45. The zero-order chi connectivity index (χ0) is 9.41. The van der Waals surface area contributed by atoms with Gasteiger partial charge in [0.05, 0.1) is 12.7 Å². The molecule has 1 saturated heterocycles. The molecule has 0 aromatic heterocycles. The smallest absolute Gasteiger partial charge is 0.361 e. The van der Waals surface area contributed by atoms with Gasteiger partial charge in [0, 0.05) is 0 Å². The summed E-state index contributed by atoms with van der Waals surface area (Å²) in [5.41, 5.74) is 0. The Bertz CT molecular complexity index is 208. The Morgan fingerprint density at radius 3 is 2.50 bits per heavy atom. The fraction of sp³-hybridized carbons (Fsp3) is 1.00. The van der Waals surface area contributed by atoms with Crippen LogP contribution in [0.3, 0.4) is 0 Å². The van der Waals surface area contributed by atoms with Crippen molar-refractivity contribution < 1.29 is 18.7 Å². The average molecular weight is 194 g/mol. The first-order valence-corrected chi connectivity index (χ1v) is 5.55. The molecule has 0 aliphatic carbocycles. The fourth-order valence-electron chi connectivity index (χ4n) is 0.946. The quantitative estimate of drug-likeness (QED) is 0.646. The molecular formula is C7H15O4P. The van der Waals surface area contributed by atoms with Crippen LogP contribution >= 0.6 is 7.60 Å². The normalized spacial score (nSPS) is 38.2. The summed E-state index contributed by atoms with van der Waals surface area (Å²) >= 11 is 0. The molecule has 1 fully saturated rings. The lowest BCUT2D eigenvalue weighted by Crippen LogP contribution is -2.29. The van der Waals surface area contributed by atoms with Gasteiger partial charge in [0.1, 0.15) is 0 Å². The standard InChI is InChI=1S/C7H15O4P/c1-6-4-5-10-12(9,11-6)7(2,3)8/h6,8H,4-5H2,1-3H3. The van der Waals surface area contributed by atoms with Crippen molar-refractivity contribution in [3.05, 3.63) is 0 Å². The Morgan fingerprint density at radius 2 is 2.17 bits per heavy atom. The Hall–Kier alpha value is 0.110. The Morgan fingerprint density at radius 1 is 1.58 bits per heavy atom. The molecule has 0 aromatic rings. The molecule has 0 amide bonds. The van der Waals surface area contributed by atoms with Crippen LogP contribution in [-0.4, -0.2) is 23.2 Å². The minimum Gasteiger partial charge on any atom is -0.378 e. The SMILES string of the molecule is CC1CCOP(=O)(C(C)(C)O)O1. The molecule has 72 valence electrons. The predicted octanol–water partition coefficient (Wildman–Crippen LogP) is 1.73. The van der Waals surface area contributed by atoms with Crippen molar-refractivity contribution in [2.45, 2.75) is 38.6 Å². The van der Waals surface area contributed by atoms with Crippen molar-refractivity contribution in [1.82, 2.24) is 0 Å². The van der Waals surface area contributed by atoms with E-state index in [0.29, 0.717) is 6.61 Å². The number of aliphatic hydroxyl groups is 1. The third kappa shape index (κ3) is 1.88. The zero-order valence-corrected chi connectivity index (χ0v) is 8.51. The second-order valence-electron chi connectivity index (χ2n) is 3.53. The van der Waals surface area contributed by atoms with Gasteiger partial charge in [-0.1, -0.05) is 0 Å². The van der Waals surface area contributed by atoms with Gasteiger partial charge in [-0.15, -0.1) is 0 Å². The molecule has 4 nitrogen and oxygen atoms in total. The molecule has 5 heteroatoms. The third-order valence-corrected chi connectivity index (χ3v) is 4.27. The van der Waals surface area contributed by atoms with Crippen LogP contribution in [0.25, 0.3) is 0 Å². The van der Waals surface area contributed by atoms with E-state index in [1.165, 1.54) is 13.8 Å². The van der Waals surface area contributed by atoms with Gasteiger partial charge in [0.2, 0.25) is 0 Å². The first-order valence-electron chi connectivity index (χ1n) is 4.00. The monoisotopic (exact) mass is 194 g/mol. The van der Waals surface area contributed by atoms with Gasteiger partial charge < -0.3 is 14.2 Å². The third-order valence-electron chi connectivity index (χ3n) is 1.77. The minimum atomic E-state index is -3.30. The van der Waals surface area contributed by atoms with Crippen LogP contribution in [-0.2, 0) is 13.6 Å². The van der Waals surface area contributed by atoms with Gasteiger partial charge >= 0.3 is 7.60 Å². The van der Waals surface area contributed by atoms with Crippen LogP contribution in [0.4, 0.5) is 0 Å². The number of rotatable bonds is 1. The van der Waals surface area contributed by atoms with E-state index in [0.717, 1.165) is 6.42 Å². The highest BCUT2D eigenvalue weighted by molar-refractivity contribution is 7.55. The van der Waals surface area contributed by atoms with Crippen LogP contribution in [0, 0.1) is 0 Å². The van der Waals surface area contributed by atoms with Crippen LogP contribution in [0.1, 0.15) is 27.2 Å². The van der Waals surface area contributed by atoms with E-state index in [1.54, 1.807) is 0 Å². The largest absolute Gasteiger partial charge is 0.378 e. The van der Waals surface area contributed by atoms with E-state index in [-0.39, 0.29) is 6.10 Å². The van der Waals surface area contributed by atoms with Gasteiger partial charge in [-0.05, 0) is 27.2 Å². The fourth-order valence-corrected chi connectivity index (χ4v) is 2.51. The van der Waals surface area contributed by atoms with Crippen LogP contribution in [0.2, 0.25) is 0 Å². The molecule has 2 atom stereocenters. The first-order chi connectivity index (χ1) is 5.35. The maximum Gasteiger partial charge on any atom is 0.361 e. The van der Waals surface area contributed by atoms with E-state index in [2.05, 4.69) is 0 Å². The molecule has 1 N–H and O–H groups in total. The van der Waals surface area contributed by atoms with E-state index >= 15 is 0 Å². The summed E-state index contributed by atoms with van der Waals surface area (Å²) in [6.07, 6.45) is 0.621. The second-order valence-corrected chi connectivity index (χ2v) is 6.09. The molecule has 0 saturated carbocycles. The highest BCUT2D eigenvalue weighted by Crippen LogP contribution is 2.61. The maximum absolute atomic E-state index is 11.8. The summed E-state index contributed by atoms with van der Waals surface area (Å²) in [4.78, 5) is 0. The molecule has 0 aromatic carbocycles. The lowest BCUT2D eigenvalue weighted by atomic mass is 10.3. The summed E-state index contributed by atoms with van der Waals surface area (Å²) in [5.74, 6) is 0. The maximum atomic E-state index is 11.8. The topological polar surface area (TPSA) is 55.8 Å². The molecule has 12 heavy (non-hydrogen) atoms. The van der Waals surface area contributed by atoms with Crippen molar-refractivity contribution in [2.24, 2.45) is 0 Å². The molecule has 0 bridgehead atoms. The Balaban J connectivity index is 2.78. The molecule has 0 spiro atoms. The molecular weight excluding hydrogens is 179 g/mol. The van der Waals surface area contributed by atoms with Crippen LogP contribution < -0.4 is 0 Å². The molecule has 2 unspecified atom stereocenters. The van der Waals surface area contributed by atoms with Gasteiger partial charge in [-0.25, -0.2) is 0 Å². The first kappa shape index (κ1) is 10.2. The molecule has 1 aliphatic rings. The summed E-state index contributed by atoms with van der Waals surface area (Å²) in [5, 5.41) is 8.11. The minimum absolute atomic E-state index is 0.101. The highest BCUT2D eigenvalue weighted by atomic mass is 31.2. The van der Waals surface area contributed by atoms with E-state index in [9.17, 15) is 9.67 Å². The van der Waals surface area contributed by atoms with Crippen molar-refractivity contribution in [3.8, 4) is 0 Å². The van der Waals surface area contributed by atoms with Gasteiger partial charge in [-0.3, -0.25) is 4.57 Å². The van der Waals surface area contributed by atoms with Crippen molar-refractivity contribution in [3.63, 3.8) is 0 Å². The lowest BCUT2D eigenvalue weighted by molar-refractivity contribution is 0.0378. The van der Waals surface area contributed by atoms with Gasteiger partial charge in [0.25, 0.3) is 0 Å². The summed E-state index contributed by atoms with van der Waals surface area (Å²) < 4.78 is 21.9. The van der Waals surface area contributed by atoms with E-state index < -0.39 is 12.9 Å². The van der Waals surface area contributed by atoms with Crippen LogP contribution in [0.5, 0.6) is 0 Å². The summed E-state index contributed by atoms with van der Waals surface area (Å²) in [6.45, 7) is 5.08. The Kier molecular flexibility index (Phi) is 2.64. The van der Waals surface area contributed by atoms with Gasteiger partial charge in [0.15, 0.2) is 5.34 Å². The average Bonchev–Trinajstić information content (AvgIpc) is 1.83. The molecule has 1 rings (SSSR count). The lowest BCUT2D eigenvalue weighted by Gasteiger charge is -2.34.